The molecule has 2 nitrogen and oxygen atoms in total. The Morgan fingerprint density at radius 1 is 1.12 bits per heavy atom. The van der Waals surface area contributed by atoms with Gasteiger partial charge in [-0.3, -0.25) is 4.98 Å². The monoisotopic (exact) mass is 231 g/mol. The van der Waals surface area contributed by atoms with Gasteiger partial charge in [-0.1, -0.05) is 18.2 Å². The molecule has 0 radical (unpaired) electrons. The number of aliphatic hydroxyl groups excluding tert-OH is 1. The molecule has 0 amide bonds. The Labute approximate surface area is 99.4 Å². The minimum absolute atomic E-state index is 0.642. The fourth-order valence-electron chi connectivity index (χ4n) is 1.49. The Kier molecular flexibility index (Phi) is 3.59. The van der Waals surface area contributed by atoms with Gasteiger partial charge >= 0.3 is 0 Å². The highest BCUT2D eigenvalue weighted by molar-refractivity contribution is 7.98. The van der Waals surface area contributed by atoms with Crippen molar-refractivity contribution in [2.24, 2.45) is 0 Å². The number of rotatable bonds is 3. The molecule has 0 spiro atoms. The van der Waals surface area contributed by atoms with E-state index in [-0.39, 0.29) is 0 Å². The smallest absolute Gasteiger partial charge is 0.121 e. The number of benzene rings is 1. The van der Waals surface area contributed by atoms with Gasteiger partial charge in [0.05, 0.1) is 5.69 Å². The Bertz CT molecular complexity index is 441. The molecule has 3 heteroatoms. The van der Waals surface area contributed by atoms with Crippen LogP contribution in [0.4, 0.5) is 0 Å². The van der Waals surface area contributed by atoms with E-state index in [1.807, 2.05) is 48.7 Å². The van der Waals surface area contributed by atoms with E-state index in [9.17, 15) is 5.11 Å². The molecule has 0 aliphatic carbocycles. The molecular weight excluding hydrogens is 218 g/mol. The standard InChI is InChI=1S/C13H13NOS/c1-16-11-7-5-10(6-8-11)13(15)12-4-2-3-9-14-12/h2-9,13,15H,1H3. The first-order chi connectivity index (χ1) is 7.81. The van der Waals surface area contributed by atoms with Gasteiger partial charge in [-0.2, -0.15) is 0 Å². The van der Waals surface area contributed by atoms with Gasteiger partial charge < -0.3 is 5.11 Å². The molecule has 16 heavy (non-hydrogen) atoms. The third-order valence-electron chi connectivity index (χ3n) is 2.40. The lowest BCUT2D eigenvalue weighted by Crippen LogP contribution is -2.01. The first kappa shape index (κ1) is 11.2. The van der Waals surface area contributed by atoms with Gasteiger partial charge in [-0.15, -0.1) is 11.8 Å². The summed E-state index contributed by atoms with van der Waals surface area (Å²) in [6.07, 6.45) is 3.08. The van der Waals surface area contributed by atoms with Crippen molar-refractivity contribution in [3.63, 3.8) is 0 Å². The van der Waals surface area contributed by atoms with Crippen molar-refractivity contribution in [1.82, 2.24) is 4.98 Å². The zero-order valence-corrected chi connectivity index (χ0v) is 9.82. The maximum Gasteiger partial charge on any atom is 0.121 e. The van der Waals surface area contributed by atoms with Crippen LogP contribution in [0, 0.1) is 0 Å². The van der Waals surface area contributed by atoms with E-state index in [0.717, 1.165) is 5.56 Å². The van der Waals surface area contributed by atoms with Gasteiger partial charge in [0.25, 0.3) is 0 Å². The summed E-state index contributed by atoms with van der Waals surface area (Å²) in [7, 11) is 0. The van der Waals surface area contributed by atoms with Crippen LogP contribution >= 0.6 is 11.8 Å². The van der Waals surface area contributed by atoms with Crippen molar-refractivity contribution in [2.75, 3.05) is 6.26 Å². The lowest BCUT2D eigenvalue weighted by Gasteiger charge is -2.10. The van der Waals surface area contributed by atoms with Crippen LogP contribution in [0.15, 0.2) is 53.6 Å². The van der Waals surface area contributed by atoms with Crippen LogP contribution in [0.5, 0.6) is 0 Å². The summed E-state index contributed by atoms with van der Waals surface area (Å²) < 4.78 is 0. The minimum Gasteiger partial charge on any atom is -0.382 e. The van der Waals surface area contributed by atoms with E-state index in [1.54, 1.807) is 18.0 Å². The van der Waals surface area contributed by atoms with Crippen molar-refractivity contribution in [2.45, 2.75) is 11.0 Å². The van der Waals surface area contributed by atoms with Gasteiger partial charge in [-0.05, 0) is 36.1 Å². The summed E-state index contributed by atoms with van der Waals surface area (Å²) >= 11 is 1.69. The molecule has 0 saturated carbocycles. The number of pyridine rings is 1. The van der Waals surface area contributed by atoms with E-state index in [2.05, 4.69) is 4.98 Å². The zero-order chi connectivity index (χ0) is 11.4. The number of hydrogen-bond acceptors (Lipinski definition) is 3. The highest BCUT2D eigenvalue weighted by Gasteiger charge is 2.10. The van der Waals surface area contributed by atoms with Crippen molar-refractivity contribution >= 4 is 11.8 Å². The van der Waals surface area contributed by atoms with Gasteiger partial charge in [0.1, 0.15) is 6.10 Å². The van der Waals surface area contributed by atoms with Gasteiger partial charge in [0.15, 0.2) is 0 Å². The van der Waals surface area contributed by atoms with Crippen LogP contribution in [-0.4, -0.2) is 16.3 Å². The molecule has 0 saturated heterocycles. The predicted octanol–water partition coefficient (Wildman–Crippen LogP) is 2.89. The van der Waals surface area contributed by atoms with E-state index in [1.165, 1.54) is 4.90 Å². The second kappa shape index (κ2) is 5.14. The fourth-order valence-corrected chi connectivity index (χ4v) is 1.90. The molecule has 1 unspecified atom stereocenters. The summed E-state index contributed by atoms with van der Waals surface area (Å²) in [6.45, 7) is 0. The van der Waals surface area contributed by atoms with Gasteiger partial charge in [0, 0.05) is 11.1 Å². The van der Waals surface area contributed by atoms with Crippen molar-refractivity contribution < 1.29 is 5.11 Å². The minimum atomic E-state index is -0.642. The molecule has 1 heterocycles. The van der Waals surface area contributed by atoms with E-state index in [4.69, 9.17) is 0 Å². The van der Waals surface area contributed by atoms with E-state index in [0.29, 0.717) is 5.69 Å². The number of aliphatic hydroxyl groups is 1. The van der Waals surface area contributed by atoms with E-state index >= 15 is 0 Å². The van der Waals surface area contributed by atoms with Gasteiger partial charge in [-0.25, -0.2) is 0 Å². The fraction of sp³-hybridized carbons (Fsp3) is 0.154. The zero-order valence-electron chi connectivity index (χ0n) is 9.00. The largest absolute Gasteiger partial charge is 0.382 e. The quantitative estimate of drug-likeness (QED) is 0.824. The Balaban J connectivity index is 2.24. The molecule has 1 atom stereocenters. The van der Waals surface area contributed by atoms with Crippen LogP contribution in [0.3, 0.4) is 0 Å². The maximum absolute atomic E-state index is 10.1. The summed E-state index contributed by atoms with van der Waals surface area (Å²) in [4.78, 5) is 5.33. The second-order valence-electron chi connectivity index (χ2n) is 3.43. The highest BCUT2D eigenvalue weighted by atomic mass is 32.2. The van der Waals surface area contributed by atoms with Crippen LogP contribution in [0.1, 0.15) is 17.4 Å². The lowest BCUT2D eigenvalue weighted by atomic mass is 10.1. The number of thioether (sulfide) groups is 1. The Hall–Kier alpha value is -1.32. The topological polar surface area (TPSA) is 33.1 Å². The average Bonchev–Trinajstić information content (AvgIpc) is 2.39. The third-order valence-corrected chi connectivity index (χ3v) is 3.14. The molecule has 1 N–H and O–H groups in total. The second-order valence-corrected chi connectivity index (χ2v) is 4.31. The first-order valence-corrected chi connectivity index (χ1v) is 6.26. The normalized spacial score (nSPS) is 12.4. The molecule has 2 aromatic rings. The molecule has 82 valence electrons. The first-order valence-electron chi connectivity index (χ1n) is 5.04. The number of aromatic nitrogens is 1. The SMILES string of the molecule is CSc1ccc(C(O)c2ccccn2)cc1. The highest BCUT2D eigenvalue weighted by Crippen LogP contribution is 2.22. The number of nitrogens with zero attached hydrogens (tertiary/aromatic N) is 1. The third kappa shape index (κ3) is 2.43. The van der Waals surface area contributed by atoms with Gasteiger partial charge in [0.2, 0.25) is 0 Å². The van der Waals surface area contributed by atoms with Crippen molar-refractivity contribution in [1.29, 1.82) is 0 Å². The van der Waals surface area contributed by atoms with E-state index < -0.39 is 6.10 Å². The molecule has 0 fully saturated rings. The molecule has 0 bridgehead atoms. The Morgan fingerprint density at radius 3 is 2.44 bits per heavy atom. The summed E-state index contributed by atoms with van der Waals surface area (Å²) in [5, 5.41) is 10.1. The molecule has 1 aromatic carbocycles. The Morgan fingerprint density at radius 2 is 1.88 bits per heavy atom. The summed E-state index contributed by atoms with van der Waals surface area (Å²) in [6, 6.07) is 13.4. The number of hydrogen-bond donors (Lipinski definition) is 1. The van der Waals surface area contributed by atoms with Crippen LogP contribution in [0.2, 0.25) is 0 Å². The van der Waals surface area contributed by atoms with Crippen LogP contribution in [-0.2, 0) is 0 Å². The molecule has 0 aliphatic heterocycles. The average molecular weight is 231 g/mol. The molecular formula is C13H13NOS. The van der Waals surface area contributed by atoms with Crippen LogP contribution in [0.25, 0.3) is 0 Å². The van der Waals surface area contributed by atoms with Crippen LogP contribution < -0.4 is 0 Å². The lowest BCUT2D eigenvalue weighted by molar-refractivity contribution is 0.215. The summed E-state index contributed by atoms with van der Waals surface area (Å²) in [5.41, 5.74) is 1.55. The van der Waals surface area contributed by atoms with Crippen molar-refractivity contribution in [3.8, 4) is 0 Å². The molecule has 2 rings (SSSR count). The maximum atomic E-state index is 10.1. The molecule has 0 aliphatic rings. The predicted molar refractivity (Wildman–Crippen MR) is 66.5 cm³/mol. The van der Waals surface area contributed by atoms with Crippen molar-refractivity contribution in [3.05, 3.63) is 59.9 Å². The molecule has 1 aromatic heterocycles. The summed E-state index contributed by atoms with van der Waals surface area (Å²) in [5.74, 6) is 0.